The van der Waals surface area contributed by atoms with E-state index in [-0.39, 0.29) is 17.3 Å². The van der Waals surface area contributed by atoms with Gasteiger partial charge in [0, 0.05) is 24.2 Å². The molecule has 0 radical (unpaired) electrons. The number of fused-ring (bicyclic) bond motifs is 7. The van der Waals surface area contributed by atoms with Crippen molar-refractivity contribution >= 4 is 0 Å². The first-order valence-corrected chi connectivity index (χ1v) is 13.1. The summed E-state index contributed by atoms with van der Waals surface area (Å²) in [5, 5.41) is 21.4. The van der Waals surface area contributed by atoms with Gasteiger partial charge in [-0.1, -0.05) is 39.3 Å². The van der Waals surface area contributed by atoms with E-state index < -0.39 is 6.10 Å². The quantitative estimate of drug-likeness (QED) is 0.548. The van der Waals surface area contributed by atoms with Crippen molar-refractivity contribution in [2.24, 2.45) is 46.3 Å². The molecule has 6 aliphatic rings. The highest BCUT2D eigenvalue weighted by Crippen LogP contribution is 2.70. The van der Waals surface area contributed by atoms with Crippen molar-refractivity contribution in [1.29, 1.82) is 0 Å². The average Bonchev–Trinajstić information content (AvgIpc) is 3.16. The van der Waals surface area contributed by atoms with Gasteiger partial charge in [0.15, 0.2) is 5.79 Å². The zero-order valence-electron chi connectivity index (χ0n) is 19.8. The van der Waals surface area contributed by atoms with Gasteiger partial charge in [-0.15, -0.1) is 0 Å². The van der Waals surface area contributed by atoms with Gasteiger partial charge in [-0.25, -0.2) is 0 Å². The third-order valence-electron chi connectivity index (χ3n) is 11.4. The first kappa shape index (κ1) is 21.1. The molecule has 1 spiro atoms. The zero-order valence-corrected chi connectivity index (χ0v) is 19.8. The Hall–Kier alpha value is -0.420. The average molecular weight is 431 g/mol. The van der Waals surface area contributed by atoms with Crippen LogP contribution in [-0.4, -0.2) is 40.9 Å². The molecule has 5 fully saturated rings. The monoisotopic (exact) mass is 430 g/mol. The molecule has 2 N–H and O–H groups in total. The van der Waals surface area contributed by atoms with E-state index in [0.29, 0.717) is 53.4 Å². The minimum Gasteiger partial charge on any atom is -0.393 e. The van der Waals surface area contributed by atoms with Crippen LogP contribution in [0.4, 0.5) is 0 Å². The predicted octanol–water partition coefficient (Wildman–Crippen LogP) is 4.68. The van der Waals surface area contributed by atoms with Crippen LogP contribution in [0.25, 0.3) is 0 Å². The van der Waals surface area contributed by atoms with E-state index in [1.54, 1.807) is 0 Å². The van der Waals surface area contributed by atoms with Gasteiger partial charge >= 0.3 is 0 Å². The molecule has 12 atom stereocenters. The maximum absolute atomic E-state index is 11.1. The van der Waals surface area contributed by atoms with Crippen LogP contribution >= 0.6 is 0 Å². The first-order chi connectivity index (χ1) is 14.7. The molecule has 174 valence electrons. The number of aliphatic hydroxyl groups is 2. The van der Waals surface area contributed by atoms with Crippen LogP contribution in [0.5, 0.6) is 0 Å². The number of allylic oxidation sites excluding steroid dienone is 1. The van der Waals surface area contributed by atoms with Crippen LogP contribution in [0, 0.1) is 46.3 Å². The number of rotatable bonds is 0. The van der Waals surface area contributed by atoms with Gasteiger partial charge in [0.25, 0.3) is 0 Å². The molecule has 2 saturated heterocycles. The zero-order chi connectivity index (χ0) is 21.8. The Morgan fingerprint density at radius 2 is 1.84 bits per heavy atom. The van der Waals surface area contributed by atoms with Gasteiger partial charge in [0.05, 0.1) is 24.9 Å². The fraction of sp³-hybridized carbons (Fsp3) is 0.926. The molecule has 2 heterocycles. The highest BCUT2D eigenvalue weighted by atomic mass is 16.7. The molecule has 0 aromatic heterocycles. The Labute approximate surface area is 187 Å². The summed E-state index contributed by atoms with van der Waals surface area (Å²) in [7, 11) is 0. The van der Waals surface area contributed by atoms with E-state index in [4.69, 9.17) is 9.47 Å². The molecule has 4 aliphatic carbocycles. The van der Waals surface area contributed by atoms with Gasteiger partial charge in [0.2, 0.25) is 0 Å². The maximum Gasteiger partial charge on any atom is 0.171 e. The summed E-state index contributed by atoms with van der Waals surface area (Å²) in [6, 6.07) is 0. The van der Waals surface area contributed by atoms with Crippen molar-refractivity contribution in [3.63, 3.8) is 0 Å². The number of ether oxygens (including phenoxy) is 2. The summed E-state index contributed by atoms with van der Waals surface area (Å²) in [6.45, 7) is 10.4. The van der Waals surface area contributed by atoms with Crippen molar-refractivity contribution in [2.75, 3.05) is 6.61 Å². The maximum atomic E-state index is 11.1. The Kier molecular flexibility index (Phi) is 4.64. The van der Waals surface area contributed by atoms with Gasteiger partial charge in [-0.3, -0.25) is 0 Å². The molecule has 31 heavy (non-hydrogen) atoms. The van der Waals surface area contributed by atoms with Crippen LogP contribution in [0.15, 0.2) is 11.6 Å². The summed E-state index contributed by atoms with van der Waals surface area (Å²) in [5.74, 6) is 3.17. The summed E-state index contributed by atoms with van der Waals surface area (Å²) in [6.07, 6.45) is 10.2. The van der Waals surface area contributed by atoms with Crippen molar-refractivity contribution < 1.29 is 19.7 Å². The minimum absolute atomic E-state index is 0.155. The smallest absolute Gasteiger partial charge is 0.171 e. The summed E-state index contributed by atoms with van der Waals surface area (Å²) in [4.78, 5) is 0. The van der Waals surface area contributed by atoms with Crippen LogP contribution in [0.3, 0.4) is 0 Å². The molecule has 0 amide bonds. The van der Waals surface area contributed by atoms with Crippen LogP contribution < -0.4 is 0 Å². The van der Waals surface area contributed by atoms with Gasteiger partial charge in [-0.05, 0) is 73.5 Å². The third kappa shape index (κ3) is 2.68. The molecule has 0 bridgehead atoms. The van der Waals surface area contributed by atoms with Crippen molar-refractivity contribution in [2.45, 2.75) is 103 Å². The summed E-state index contributed by atoms with van der Waals surface area (Å²) >= 11 is 0. The largest absolute Gasteiger partial charge is 0.393 e. The topological polar surface area (TPSA) is 58.9 Å². The SMILES string of the molecule is C[C@@H]1CC[C@@]2(OC1)OC1CC3C4CC=C5C[C@@H](O)C[C@@H](O)[C@]5(C)C4CC[C@]3(C)C1[C@@H]2C. The molecule has 6 rings (SSSR count). The van der Waals surface area contributed by atoms with E-state index in [9.17, 15) is 10.2 Å². The Balaban J connectivity index is 1.29. The number of aliphatic hydroxyl groups excluding tert-OH is 2. The lowest BCUT2D eigenvalue weighted by Crippen LogP contribution is -2.56. The Morgan fingerprint density at radius 1 is 1.03 bits per heavy atom. The summed E-state index contributed by atoms with van der Waals surface area (Å²) in [5.41, 5.74) is 1.48. The molecule has 0 aromatic carbocycles. The predicted molar refractivity (Wildman–Crippen MR) is 119 cm³/mol. The van der Waals surface area contributed by atoms with E-state index in [2.05, 4.69) is 33.8 Å². The molecule has 4 heteroatoms. The van der Waals surface area contributed by atoms with E-state index in [1.807, 2.05) is 0 Å². The minimum atomic E-state index is -0.420. The molecule has 3 saturated carbocycles. The van der Waals surface area contributed by atoms with Crippen LogP contribution in [-0.2, 0) is 9.47 Å². The molecule has 0 aromatic rings. The Morgan fingerprint density at radius 3 is 2.58 bits per heavy atom. The molecule has 5 unspecified atom stereocenters. The second-order valence-corrected chi connectivity index (χ2v) is 12.8. The van der Waals surface area contributed by atoms with Crippen molar-refractivity contribution in [3.05, 3.63) is 11.6 Å². The second kappa shape index (κ2) is 6.81. The van der Waals surface area contributed by atoms with Crippen molar-refractivity contribution in [1.82, 2.24) is 0 Å². The molecular weight excluding hydrogens is 388 g/mol. The van der Waals surface area contributed by atoms with E-state index in [1.165, 1.54) is 24.8 Å². The van der Waals surface area contributed by atoms with Crippen LogP contribution in [0.2, 0.25) is 0 Å². The highest BCUT2D eigenvalue weighted by Gasteiger charge is 2.69. The number of hydrogen-bond acceptors (Lipinski definition) is 4. The summed E-state index contributed by atoms with van der Waals surface area (Å²) < 4.78 is 13.3. The number of hydrogen-bond donors (Lipinski definition) is 2. The van der Waals surface area contributed by atoms with E-state index in [0.717, 1.165) is 32.3 Å². The molecule has 2 aliphatic heterocycles. The highest BCUT2D eigenvalue weighted by molar-refractivity contribution is 5.28. The van der Waals surface area contributed by atoms with Gasteiger partial charge in [-0.2, -0.15) is 0 Å². The fourth-order valence-electron chi connectivity index (χ4n) is 9.72. The molecule has 4 nitrogen and oxygen atoms in total. The Bertz CT molecular complexity index is 769. The van der Waals surface area contributed by atoms with Gasteiger partial charge in [0.1, 0.15) is 0 Å². The fourth-order valence-corrected chi connectivity index (χ4v) is 9.72. The van der Waals surface area contributed by atoms with Crippen molar-refractivity contribution in [3.8, 4) is 0 Å². The van der Waals surface area contributed by atoms with Gasteiger partial charge < -0.3 is 19.7 Å². The van der Waals surface area contributed by atoms with E-state index >= 15 is 0 Å². The lowest BCUT2D eigenvalue weighted by Gasteiger charge is -2.59. The lowest BCUT2D eigenvalue weighted by atomic mass is 9.46. The third-order valence-corrected chi connectivity index (χ3v) is 11.4. The first-order valence-electron chi connectivity index (χ1n) is 13.1. The lowest BCUT2D eigenvalue weighted by molar-refractivity contribution is -0.272. The normalized spacial score (nSPS) is 60.7. The second-order valence-electron chi connectivity index (χ2n) is 12.8. The standard InChI is InChI=1S/C27H42O4/c1-15-7-10-27(30-14-15)16(2)24-22(31-27)13-21-19-6-5-17-11-18(28)12-23(29)26(17,4)20(19)8-9-25(21,24)3/h5,15-16,18-24,28-29H,6-14H2,1-4H3/t15-,16+,18-,19?,20?,21?,22?,23-,24?,25+,26+,27-/m1/s1. The molecular formula is C27H42O4. The van der Waals surface area contributed by atoms with Crippen LogP contribution in [0.1, 0.15) is 79.1 Å².